The van der Waals surface area contributed by atoms with Gasteiger partial charge >= 0.3 is 0 Å². The second kappa shape index (κ2) is 7.61. The fraction of sp³-hybridized carbons (Fsp3) is 0.375. The Bertz CT molecular complexity index is 666. The first-order valence-corrected chi connectivity index (χ1v) is 8.06. The van der Waals surface area contributed by atoms with Crippen LogP contribution in [0.5, 0.6) is 0 Å². The first kappa shape index (κ1) is 16.8. The molecule has 2 N–H and O–H groups in total. The van der Waals surface area contributed by atoms with Gasteiger partial charge in [-0.3, -0.25) is 4.68 Å². The van der Waals surface area contributed by atoms with E-state index in [0.717, 1.165) is 41.5 Å². The van der Waals surface area contributed by atoms with Crippen molar-refractivity contribution in [3.8, 4) is 0 Å². The van der Waals surface area contributed by atoms with E-state index in [1.165, 1.54) is 5.69 Å². The number of halogens is 1. The number of hydrogen-bond donors (Lipinski definition) is 2. The molecule has 22 heavy (non-hydrogen) atoms. The molecule has 2 aromatic rings. The molecular weight excluding hydrogens is 316 g/mol. The Hall–Kier alpha value is -1.59. The Balaban J connectivity index is 1.73. The molecule has 0 spiro atoms. The maximum Gasteiger partial charge on any atom is 0.170 e. The maximum atomic E-state index is 6.10. The highest BCUT2D eigenvalue weighted by Gasteiger charge is 2.02. The molecule has 6 heteroatoms. The Labute approximate surface area is 141 Å². The Morgan fingerprint density at radius 1 is 1.27 bits per heavy atom. The van der Waals surface area contributed by atoms with E-state index in [2.05, 4.69) is 28.7 Å². The topological polar surface area (TPSA) is 41.9 Å². The number of aromatic nitrogens is 2. The van der Waals surface area contributed by atoms with Crippen LogP contribution in [0.4, 0.5) is 5.69 Å². The molecule has 118 valence electrons. The van der Waals surface area contributed by atoms with Crippen molar-refractivity contribution < 1.29 is 0 Å². The zero-order chi connectivity index (χ0) is 16.1. The minimum atomic E-state index is 0.605. The molecule has 0 aliphatic heterocycles. The highest BCUT2D eigenvalue weighted by atomic mass is 35.5. The molecule has 1 aromatic carbocycles. The summed E-state index contributed by atoms with van der Waals surface area (Å²) in [6.45, 7) is 7.73. The van der Waals surface area contributed by atoms with Crippen molar-refractivity contribution in [1.29, 1.82) is 0 Å². The molecule has 0 aliphatic rings. The standard InChI is InChI=1S/C16H21ClN4S/c1-11-5-6-14(10-15(11)17)19-16(22)18-7-4-8-21-13(3)9-12(2)20-21/h5-6,9-10H,4,7-8H2,1-3H3,(H2,18,19,22). The van der Waals surface area contributed by atoms with Crippen LogP contribution in [0, 0.1) is 20.8 Å². The average molecular weight is 337 g/mol. The summed E-state index contributed by atoms with van der Waals surface area (Å²) in [5.74, 6) is 0. The molecule has 0 aliphatic carbocycles. The summed E-state index contributed by atoms with van der Waals surface area (Å²) in [5, 5.41) is 12.1. The number of thiocarbonyl (C=S) groups is 1. The lowest BCUT2D eigenvalue weighted by Crippen LogP contribution is -2.29. The van der Waals surface area contributed by atoms with Crippen LogP contribution in [-0.2, 0) is 6.54 Å². The van der Waals surface area contributed by atoms with Gasteiger partial charge in [-0.15, -0.1) is 0 Å². The summed E-state index contributed by atoms with van der Waals surface area (Å²) < 4.78 is 2.02. The number of nitrogens with one attached hydrogen (secondary N) is 2. The Kier molecular flexibility index (Phi) is 5.80. The number of aryl methyl sites for hydroxylation is 4. The Morgan fingerprint density at radius 3 is 2.68 bits per heavy atom. The van der Waals surface area contributed by atoms with Crippen molar-refractivity contribution in [3.05, 3.63) is 46.2 Å². The largest absolute Gasteiger partial charge is 0.362 e. The highest BCUT2D eigenvalue weighted by Crippen LogP contribution is 2.19. The smallest absolute Gasteiger partial charge is 0.170 e. The molecule has 0 radical (unpaired) electrons. The number of anilines is 1. The van der Waals surface area contributed by atoms with Crippen LogP contribution in [0.1, 0.15) is 23.4 Å². The fourth-order valence-electron chi connectivity index (χ4n) is 2.18. The molecule has 0 bridgehead atoms. The van der Waals surface area contributed by atoms with E-state index in [1.807, 2.05) is 36.7 Å². The summed E-state index contributed by atoms with van der Waals surface area (Å²) in [7, 11) is 0. The van der Waals surface area contributed by atoms with Gasteiger partial charge in [-0.05, 0) is 63.2 Å². The van der Waals surface area contributed by atoms with Gasteiger partial charge in [-0.1, -0.05) is 17.7 Å². The fourth-order valence-corrected chi connectivity index (χ4v) is 2.58. The summed E-state index contributed by atoms with van der Waals surface area (Å²) in [6, 6.07) is 7.89. The van der Waals surface area contributed by atoms with Gasteiger partial charge in [0.1, 0.15) is 0 Å². The Morgan fingerprint density at radius 2 is 2.05 bits per heavy atom. The molecule has 0 amide bonds. The van der Waals surface area contributed by atoms with Crippen molar-refractivity contribution in [1.82, 2.24) is 15.1 Å². The van der Waals surface area contributed by atoms with E-state index in [4.69, 9.17) is 23.8 Å². The van der Waals surface area contributed by atoms with Crippen LogP contribution in [0.25, 0.3) is 0 Å². The number of rotatable bonds is 5. The number of nitrogens with zero attached hydrogens (tertiary/aromatic N) is 2. The van der Waals surface area contributed by atoms with E-state index in [0.29, 0.717) is 5.11 Å². The molecule has 1 aromatic heterocycles. The normalized spacial score (nSPS) is 10.5. The van der Waals surface area contributed by atoms with Crippen molar-refractivity contribution in [3.63, 3.8) is 0 Å². The molecule has 0 unspecified atom stereocenters. The quantitative estimate of drug-likeness (QED) is 0.643. The lowest BCUT2D eigenvalue weighted by molar-refractivity contribution is 0.558. The molecule has 1 heterocycles. The lowest BCUT2D eigenvalue weighted by atomic mass is 10.2. The SMILES string of the molecule is Cc1cc(C)n(CCCNC(=S)Nc2ccc(C)c(Cl)c2)n1. The summed E-state index contributed by atoms with van der Waals surface area (Å²) in [6.07, 6.45) is 0.957. The minimum absolute atomic E-state index is 0.605. The van der Waals surface area contributed by atoms with E-state index < -0.39 is 0 Å². The van der Waals surface area contributed by atoms with Gasteiger partial charge in [0.15, 0.2) is 5.11 Å². The predicted molar refractivity (Wildman–Crippen MR) is 96.7 cm³/mol. The molecule has 0 saturated carbocycles. The molecule has 0 saturated heterocycles. The zero-order valence-corrected chi connectivity index (χ0v) is 14.7. The van der Waals surface area contributed by atoms with Crippen molar-refractivity contribution in [2.75, 3.05) is 11.9 Å². The first-order valence-electron chi connectivity index (χ1n) is 7.28. The van der Waals surface area contributed by atoms with Crippen molar-refractivity contribution in [2.45, 2.75) is 33.7 Å². The highest BCUT2D eigenvalue weighted by molar-refractivity contribution is 7.80. The van der Waals surface area contributed by atoms with Crippen LogP contribution in [-0.4, -0.2) is 21.4 Å². The molecule has 0 fully saturated rings. The predicted octanol–water partition coefficient (Wildman–Crippen LogP) is 3.84. The van der Waals surface area contributed by atoms with Gasteiger partial charge in [-0.2, -0.15) is 5.10 Å². The van der Waals surface area contributed by atoms with Gasteiger partial charge in [0.05, 0.1) is 5.69 Å². The number of benzene rings is 1. The minimum Gasteiger partial charge on any atom is -0.362 e. The molecule has 2 rings (SSSR count). The molecule has 4 nitrogen and oxygen atoms in total. The second-order valence-electron chi connectivity index (χ2n) is 5.35. The monoisotopic (exact) mass is 336 g/mol. The van der Waals surface area contributed by atoms with Gasteiger partial charge in [0, 0.05) is 29.5 Å². The summed E-state index contributed by atoms with van der Waals surface area (Å²) in [4.78, 5) is 0. The summed E-state index contributed by atoms with van der Waals surface area (Å²) >= 11 is 11.4. The molecule has 0 atom stereocenters. The number of hydrogen-bond acceptors (Lipinski definition) is 2. The van der Waals surface area contributed by atoms with Crippen LogP contribution in [0.2, 0.25) is 5.02 Å². The van der Waals surface area contributed by atoms with Crippen LogP contribution < -0.4 is 10.6 Å². The van der Waals surface area contributed by atoms with Gasteiger partial charge in [-0.25, -0.2) is 0 Å². The summed E-state index contributed by atoms with van der Waals surface area (Å²) in [5.41, 5.74) is 4.19. The maximum absolute atomic E-state index is 6.10. The third kappa shape index (κ3) is 4.71. The first-order chi connectivity index (χ1) is 10.5. The zero-order valence-electron chi connectivity index (χ0n) is 13.1. The van der Waals surface area contributed by atoms with Gasteiger partial charge in [0.2, 0.25) is 0 Å². The average Bonchev–Trinajstić information content (AvgIpc) is 2.77. The van der Waals surface area contributed by atoms with Crippen LogP contribution in [0.3, 0.4) is 0 Å². The van der Waals surface area contributed by atoms with Crippen LogP contribution in [0.15, 0.2) is 24.3 Å². The lowest BCUT2D eigenvalue weighted by Gasteiger charge is -2.11. The van der Waals surface area contributed by atoms with Crippen molar-refractivity contribution >= 4 is 34.6 Å². The van der Waals surface area contributed by atoms with Crippen molar-refractivity contribution in [2.24, 2.45) is 0 Å². The van der Waals surface area contributed by atoms with E-state index >= 15 is 0 Å². The van der Waals surface area contributed by atoms with Gasteiger partial charge in [0.25, 0.3) is 0 Å². The third-order valence-corrected chi connectivity index (χ3v) is 4.02. The van der Waals surface area contributed by atoms with E-state index in [1.54, 1.807) is 0 Å². The van der Waals surface area contributed by atoms with Crippen LogP contribution >= 0.6 is 23.8 Å². The van der Waals surface area contributed by atoms with E-state index in [-0.39, 0.29) is 0 Å². The molecular formula is C16H21ClN4S. The third-order valence-electron chi connectivity index (χ3n) is 3.37. The second-order valence-corrected chi connectivity index (χ2v) is 6.16. The van der Waals surface area contributed by atoms with E-state index in [9.17, 15) is 0 Å². The van der Waals surface area contributed by atoms with Gasteiger partial charge < -0.3 is 10.6 Å².